The predicted molar refractivity (Wildman–Crippen MR) is 112 cm³/mol. The molecule has 0 amide bonds. The first-order valence-electron chi connectivity index (χ1n) is 8.33. The number of phenols is 1. The summed E-state index contributed by atoms with van der Waals surface area (Å²) in [7, 11) is -8.27. The molecule has 12 nitrogen and oxygen atoms in total. The molecule has 1 unspecified atom stereocenters. The molecular weight excluding hydrogens is 575 g/mol. The minimum Gasteiger partial charge on any atom is -0.768 e. The van der Waals surface area contributed by atoms with Crippen LogP contribution in [-0.4, -0.2) is 42.4 Å². The molecule has 173 valence electrons. The number of hydrogen-bond donors (Lipinski definition) is 3. The van der Waals surface area contributed by atoms with Gasteiger partial charge in [-0.25, -0.2) is 0 Å². The van der Waals surface area contributed by atoms with Crippen molar-refractivity contribution in [1.82, 2.24) is 0 Å². The molecule has 1 radical (unpaired) electrons. The molecule has 3 rings (SSSR count). The van der Waals surface area contributed by atoms with E-state index in [2.05, 4.69) is 14.4 Å². The summed E-state index contributed by atoms with van der Waals surface area (Å²) < 4.78 is 83.4. The zero-order valence-corrected chi connectivity index (χ0v) is 21.9. The van der Waals surface area contributed by atoms with Gasteiger partial charge in [-0.3, -0.25) is 12.9 Å². The van der Waals surface area contributed by atoms with E-state index in [4.69, 9.17) is 5.73 Å². The Balaban J connectivity index is 0.00000385. The van der Waals surface area contributed by atoms with E-state index >= 15 is 0 Å². The van der Waals surface area contributed by atoms with Crippen LogP contribution in [0.4, 0.5) is 17.1 Å². The second-order valence-electron chi connectivity index (χ2n) is 6.20. The van der Waals surface area contributed by atoms with Crippen LogP contribution < -0.4 is 5.73 Å². The van der Waals surface area contributed by atoms with Crippen molar-refractivity contribution in [3.05, 3.63) is 42.5 Å². The first-order valence-corrected chi connectivity index (χ1v) is 12.3. The quantitative estimate of drug-likeness (QED) is 0.126. The van der Waals surface area contributed by atoms with Gasteiger partial charge in [-0.05, 0) is 52.9 Å². The third-order valence-electron chi connectivity index (χ3n) is 4.25. The molecule has 0 aliphatic carbocycles. The predicted octanol–water partition coefficient (Wildman–Crippen LogP) is 2.36. The minimum absolute atomic E-state index is 0. The fourth-order valence-corrected chi connectivity index (χ4v) is 4.49. The second-order valence-corrected chi connectivity index (χ2v) is 10.2. The molecule has 1 atom stereocenters. The number of fused-ring (bicyclic) bond motifs is 1. The first kappa shape index (κ1) is 27.4. The minimum atomic E-state index is -4.72. The van der Waals surface area contributed by atoms with E-state index in [1.54, 1.807) is 0 Å². The molecule has 0 heterocycles. The van der Waals surface area contributed by atoms with Crippen molar-refractivity contribution in [3.8, 4) is 5.75 Å². The van der Waals surface area contributed by atoms with Crippen molar-refractivity contribution in [2.24, 2.45) is 10.2 Å². The average molecular weight is 589 g/mol. The van der Waals surface area contributed by atoms with Crippen molar-refractivity contribution >= 4 is 59.2 Å². The van der Waals surface area contributed by atoms with Gasteiger partial charge in [0, 0.05) is 49.1 Å². The van der Waals surface area contributed by atoms with Crippen molar-refractivity contribution in [2.45, 2.75) is 14.7 Å². The Morgan fingerprint density at radius 1 is 1.06 bits per heavy atom. The van der Waals surface area contributed by atoms with E-state index < -0.39 is 52.5 Å². The number of nitrogens with zero attached hydrogens (tertiary/aromatic N) is 2. The molecule has 3 aromatic carbocycles. The second kappa shape index (κ2) is 10.2. The summed E-state index contributed by atoms with van der Waals surface area (Å²) >= 11 is -2.45. The number of azo groups is 1. The molecule has 3 aromatic rings. The number of rotatable bonds is 6. The molecular formula is C17H14N3O9S3Y-. The Morgan fingerprint density at radius 3 is 2.18 bits per heavy atom. The van der Waals surface area contributed by atoms with Crippen LogP contribution >= 0.6 is 0 Å². The Bertz CT molecular complexity index is 1490. The summed E-state index contributed by atoms with van der Waals surface area (Å²) in [5.74, 6) is -0.660. The zero-order chi connectivity index (χ0) is 23.8. The van der Waals surface area contributed by atoms with E-state index in [9.17, 15) is 35.3 Å². The summed E-state index contributed by atoms with van der Waals surface area (Å²) in [4.78, 5) is -1.28. The van der Waals surface area contributed by atoms with Gasteiger partial charge in [0.25, 0.3) is 20.2 Å². The molecule has 0 spiro atoms. The Hall–Kier alpha value is -1.85. The van der Waals surface area contributed by atoms with Crippen molar-refractivity contribution in [2.75, 3.05) is 12.8 Å². The zero-order valence-electron chi connectivity index (χ0n) is 16.6. The van der Waals surface area contributed by atoms with Crippen molar-refractivity contribution in [3.63, 3.8) is 0 Å². The van der Waals surface area contributed by atoms with Gasteiger partial charge in [-0.1, -0.05) is 0 Å². The maximum Gasteiger partial charge on any atom is 0.299 e. The first-order chi connectivity index (χ1) is 14.8. The number of phenolic OH excluding ortho intramolecular Hbond substituents is 1. The van der Waals surface area contributed by atoms with Crippen LogP contribution in [0.25, 0.3) is 10.8 Å². The average Bonchev–Trinajstić information content (AvgIpc) is 2.72. The standard InChI is InChI=1S/C17H15N3O9S3.Y/c1-29-32(27,28)14-7-9-6-12(31(24,25)26)8-13(21)15(9)16(18)17(14)20-19-10-2-4-11(5-3-10)30(22)23;/h2-8,21H,18H2,1H3,(H,22,23)(H,24,25,26);/p-1. The fraction of sp³-hybridized carbons (Fsp3) is 0.0588. The van der Waals surface area contributed by atoms with E-state index in [0.717, 1.165) is 25.3 Å². The van der Waals surface area contributed by atoms with Crippen molar-refractivity contribution in [1.29, 1.82) is 0 Å². The van der Waals surface area contributed by atoms with Gasteiger partial charge in [0.2, 0.25) is 0 Å². The van der Waals surface area contributed by atoms with Crippen molar-refractivity contribution < 1.29 is 72.1 Å². The number of nitrogen functional groups attached to an aromatic ring is 1. The maximum absolute atomic E-state index is 12.4. The molecule has 0 aromatic heterocycles. The van der Waals surface area contributed by atoms with E-state index in [-0.39, 0.29) is 59.8 Å². The molecule has 0 fully saturated rings. The van der Waals surface area contributed by atoms with Crippen LogP contribution in [0, 0.1) is 0 Å². The van der Waals surface area contributed by atoms with Gasteiger partial charge in [0.1, 0.15) is 16.3 Å². The van der Waals surface area contributed by atoms with E-state index in [1.807, 2.05) is 0 Å². The van der Waals surface area contributed by atoms with Gasteiger partial charge in [-0.2, -0.15) is 21.9 Å². The van der Waals surface area contributed by atoms with Crippen LogP contribution in [0.5, 0.6) is 5.75 Å². The Labute approximate surface area is 215 Å². The summed E-state index contributed by atoms with van der Waals surface area (Å²) in [6.07, 6.45) is 0. The summed E-state index contributed by atoms with van der Waals surface area (Å²) in [5.41, 5.74) is 5.42. The number of benzene rings is 3. The summed E-state index contributed by atoms with van der Waals surface area (Å²) in [5, 5.41) is 17.7. The topological polar surface area (TPSA) is 209 Å². The summed E-state index contributed by atoms with van der Waals surface area (Å²) in [6, 6.07) is 7.72. The SMILES string of the molecule is COS(=O)(=O)c1cc2cc(S(=O)(=O)O)cc(O)c2c(N)c1N=Nc1ccc(S(=O)[O-])cc1.[Y]. The molecule has 0 aliphatic rings. The Kier molecular flexibility index (Phi) is 8.46. The van der Waals surface area contributed by atoms with Crippen LogP contribution in [0.2, 0.25) is 0 Å². The van der Waals surface area contributed by atoms with Crippen LogP contribution in [0.1, 0.15) is 0 Å². The van der Waals surface area contributed by atoms with Crippen LogP contribution in [0.3, 0.4) is 0 Å². The largest absolute Gasteiger partial charge is 0.768 e. The molecule has 33 heavy (non-hydrogen) atoms. The van der Waals surface area contributed by atoms with Gasteiger partial charge < -0.3 is 15.4 Å². The normalized spacial score (nSPS) is 13.2. The molecule has 0 aliphatic heterocycles. The molecule has 4 N–H and O–H groups in total. The number of anilines is 1. The van der Waals surface area contributed by atoms with E-state index in [0.29, 0.717) is 0 Å². The van der Waals surface area contributed by atoms with Crippen LogP contribution in [-0.2, 0) is 68.2 Å². The Morgan fingerprint density at radius 2 is 1.67 bits per heavy atom. The molecule has 16 heteroatoms. The number of aromatic hydroxyl groups is 1. The van der Waals surface area contributed by atoms with Gasteiger partial charge in [0.05, 0.1) is 23.4 Å². The van der Waals surface area contributed by atoms with E-state index in [1.165, 1.54) is 24.3 Å². The maximum atomic E-state index is 12.4. The van der Waals surface area contributed by atoms with Gasteiger partial charge in [0.15, 0.2) is 0 Å². The fourth-order valence-electron chi connectivity index (χ4n) is 2.75. The van der Waals surface area contributed by atoms with Gasteiger partial charge in [-0.15, -0.1) is 5.11 Å². The number of hydrogen-bond acceptors (Lipinski definition) is 11. The number of nitrogens with two attached hydrogens (primary N) is 1. The molecule has 0 saturated heterocycles. The monoisotopic (exact) mass is 589 g/mol. The molecule has 0 bridgehead atoms. The van der Waals surface area contributed by atoms with Crippen LogP contribution in [0.15, 0.2) is 67.4 Å². The smallest absolute Gasteiger partial charge is 0.299 e. The van der Waals surface area contributed by atoms with Gasteiger partial charge >= 0.3 is 0 Å². The molecule has 0 saturated carbocycles. The summed E-state index contributed by atoms with van der Waals surface area (Å²) in [6.45, 7) is 0. The third kappa shape index (κ3) is 5.81. The third-order valence-corrected chi connectivity index (χ3v) is 7.02.